The highest BCUT2D eigenvalue weighted by Gasteiger charge is 2.09. The molecule has 3 amide bonds. The Morgan fingerprint density at radius 2 is 1.73 bits per heavy atom. The van der Waals surface area contributed by atoms with Crippen LogP contribution in [0.15, 0.2) is 28.8 Å². The molecule has 138 valence electrons. The van der Waals surface area contributed by atoms with Crippen LogP contribution < -0.4 is 16.0 Å². The highest BCUT2D eigenvalue weighted by molar-refractivity contribution is 8.00. The second-order valence-corrected chi connectivity index (χ2v) is 6.61. The monoisotopic (exact) mass is 376 g/mol. The molecule has 3 N–H and O–H groups in total. The minimum absolute atomic E-state index is 0.125. The highest BCUT2D eigenvalue weighted by atomic mass is 32.2. The molecular weight excluding hydrogens is 356 g/mol. The van der Waals surface area contributed by atoms with Crippen LogP contribution in [0.2, 0.25) is 0 Å². The second-order valence-electron chi connectivity index (χ2n) is 5.62. The van der Waals surface area contributed by atoms with E-state index in [0.29, 0.717) is 23.0 Å². The molecule has 1 aromatic heterocycles. The first-order valence-electron chi connectivity index (χ1n) is 7.82. The van der Waals surface area contributed by atoms with Crippen molar-refractivity contribution in [3.8, 4) is 0 Å². The quantitative estimate of drug-likeness (QED) is 0.684. The van der Waals surface area contributed by atoms with E-state index >= 15 is 0 Å². The van der Waals surface area contributed by atoms with Crippen LogP contribution in [0.5, 0.6) is 0 Å². The van der Waals surface area contributed by atoms with Crippen molar-refractivity contribution < 1.29 is 18.9 Å². The molecule has 0 aliphatic rings. The zero-order valence-corrected chi connectivity index (χ0v) is 15.5. The summed E-state index contributed by atoms with van der Waals surface area (Å²) in [7, 11) is 0. The molecule has 2 aromatic rings. The van der Waals surface area contributed by atoms with Crippen LogP contribution in [0.4, 0.5) is 17.2 Å². The Hall–Kier alpha value is -2.81. The summed E-state index contributed by atoms with van der Waals surface area (Å²) >= 11 is 1.19. The van der Waals surface area contributed by atoms with Crippen LogP contribution in [0.25, 0.3) is 0 Å². The van der Waals surface area contributed by atoms with E-state index in [1.54, 1.807) is 31.2 Å². The Morgan fingerprint density at radius 3 is 2.31 bits per heavy atom. The molecule has 0 saturated heterocycles. The fourth-order valence-corrected chi connectivity index (χ4v) is 2.73. The lowest BCUT2D eigenvalue weighted by Gasteiger charge is -2.10. The third-order valence-corrected chi connectivity index (χ3v) is 4.12. The zero-order valence-electron chi connectivity index (χ0n) is 14.7. The summed E-state index contributed by atoms with van der Waals surface area (Å²) < 4.78 is 4.85. The standard InChI is InChI=1S/C17H20N4O4S/c1-10-6-13(4-5-14(10)18-12(3)22)19-16(23)8-26-9-17(24)20-15-7-11(2)25-21-15/h4-7H,8-9H2,1-3H3,(H,18,22)(H,19,23)(H,20,21,24). The maximum absolute atomic E-state index is 12.0. The number of hydrogen-bond donors (Lipinski definition) is 3. The number of nitrogens with one attached hydrogen (secondary N) is 3. The summed E-state index contributed by atoms with van der Waals surface area (Å²) in [5, 5.41) is 11.7. The van der Waals surface area contributed by atoms with E-state index in [2.05, 4.69) is 21.1 Å². The number of hydrogen-bond acceptors (Lipinski definition) is 6. The normalized spacial score (nSPS) is 10.3. The number of thioether (sulfide) groups is 1. The van der Waals surface area contributed by atoms with Crippen molar-refractivity contribution in [3.05, 3.63) is 35.6 Å². The molecule has 8 nitrogen and oxygen atoms in total. The second kappa shape index (κ2) is 9.04. The van der Waals surface area contributed by atoms with Gasteiger partial charge in [-0.1, -0.05) is 5.16 Å². The van der Waals surface area contributed by atoms with Crippen LogP contribution in [-0.4, -0.2) is 34.4 Å². The smallest absolute Gasteiger partial charge is 0.235 e. The van der Waals surface area contributed by atoms with E-state index in [1.807, 2.05) is 6.92 Å². The molecular formula is C17H20N4O4S. The molecule has 0 spiro atoms. The van der Waals surface area contributed by atoms with Gasteiger partial charge in [0.1, 0.15) is 5.76 Å². The number of rotatable bonds is 7. The van der Waals surface area contributed by atoms with Gasteiger partial charge in [0.2, 0.25) is 17.7 Å². The van der Waals surface area contributed by atoms with Crippen molar-refractivity contribution in [2.24, 2.45) is 0 Å². The Bertz CT molecular complexity index is 819. The van der Waals surface area contributed by atoms with E-state index in [0.717, 1.165) is 5.56 Å². The summed E-state index contributed by atoms with van der Waals surface area (Å²) in [6.45, 7) is 5.00. The number of amides is 3. The minimum atomic E-state index is -0.258. The number of aryl methyl sites for hydroxylation is 2. The molecule has 9 heteroatoms. The SMILES string of the molecule is CC(=O)Nc1ccc(NC(=O)CSCC(=O)Nc2cc(C)on2)cc1C. The van der Waals surface area contributed by atoms with Crippen molar-refractivity contribution in [1.29, 1.82) is 0 Å². The summed E-state index contributed by atoms with van der Waals surface area (Å²) in [5.74, 6) is 0.593. The Morgan fingerprint density at radius 1 is 1.04 bits per heavy atom. The third kappa shape index (κ3) is 6.25. The first-order valence-corrected chi connectivity index (χ1v) is 8.98. The first-order chi connectivity index (χ1) is 12.3. The molecule has 0 aliphatic carbocycles. The lowest BCUT2D eigenvalue weighted by atomic mass is 10.1. The number of anilines is 3. The van der Waals surface area contributed by atoms with Crippen LogP contribution in [-0.2, 0) is 14.4 Å². The minimum Gasteiger partial charge on any atom is -0.360 e. The number of carbonyl (C=O) groups excluding carboxylic acids is 3. The van der Waals surface area contributed by atoms with Crippen molar-refractivity contribution >= 4 is 46.7 Å². The van der Waals surface area contributed by atoms with Crippen LogP contribution >= 0.6 is 11.8 Å². The lowest BCUT2D eigenvalue weighted by molar-refractivity contribution is -0.115. The van der Waals surface area contributed by atoms with Gasteiger partial charge in [0.15, 0.2) is 5.82 Å². The van der Waals surface area contributed by atoms with Crippen molar-refractivity contribution in [3.63, 3.8) is 0 Å². The van der Waals surface area contributed by atoms with Crippen molar-refractivity contribution in [2.75, 3.05) is 27.5 Å². The summed E-state index contributed by atoms with van der Waals surface area (Å²) in [6, 6.07) is 6.82. The molecule has 0 saturated carbocycles. The van der Waals surface area contributed by atoms with Gasteiger partial charge in [-0.15, -0.1) is 11.8 Å². The van der Waals surface area contributed by atoms with Gasteiger partial charge >= 0.3 is 0 Å². The van der Waals surface area contributed by atoms with E-state index in [9.17, 15) is 14.4 Å². The molecule has 0 bridgehead atoms. The van der Waals surface area contributed by atoms with Gasteiger partial charge in [0.05, 0.1) is 11.5 Å². The number of benzene rings is 1. The average Bonchev–Trinajstić information content (AvgIpc) is 2.94. The summed E-state index contributed by atoms with van der Waals surface area (Å²) in [6.07, 6.45) is 0. The van der Waals surface area contributed by atoms with Gasteiger partial charge < -0.3 is 20.5 Å². The topological polar surface area (TPSA) is 113 Å². The molecule has 26 heavy (non-hydrogen) atoms. The Labute approximate surface area is 155 Å². The lowest BCUT2D eigenvalue weighted by Crippen LogP contribution is -2.18. The Kier molecular flexibility index (Phi) is 6.79. The van der Waals surface area contributed by atoms with Gasteiger partial charge in [0.25, 0.3) is 0 Å². The maximum atomic E-state index is 12.0. The van der Waals surface area contributed by atoms with E-state index in [4.69, 9.17) is 4.52 Å². The summed E-state index contributed by atoms with van der Waals surface area (Å²) in [5.41, 5.74) is 2.17. The van der Waals surface area contributed by atoms with Gasteiger partial charge in [-0.25, -0.2) is 0 Å². The van der Waals surface area contributed by atoms with Gasteiger partial charge in [-0.3, -0.25) is 14.4 Å². The fourth-order valence-electron chi connectivity index (χ4n) is 2.11. The zero-order chi connectivity index (χ0) is 19.1. The van der Waals surface area contributed by atoms with Crippen LogP contribution in [0, 0.1) is 13.8 Å². The van der Waals surface area contributed by atoms with E-state index in [-0.39, 0.29) is 29.2 Å². The molecule has 1 heterocycles. The number of carbonyl (C=O) groups is 3. The number of nitrogens with zero attached hydrogens (tertiary/aromatic N) is 1. The predicted octanol–water partition coefficient (Wildman–Crippen LogP) is 2.56. The van der Waals surface area contributed by atoms with E-state index in [1.165, 1.54) is 18.7 Å². The maximum Gasteiger partial charge on any atom is 0.235 e. The highest BCUT2D eigenvalue weighted by Crippen LogP contribution is 2.20. The third-order valence-electron chi connectivity index (χ3n) is 3.18. The van der Waals surface area contributed by atoms with Gasteiger partial charge in [-0.05, 0) is 37.6 Å². The molecule has 1 aromatic carbocycles. The van der Waals surface area contributed by atoms with E-state index < -0.39 is 0 Å². The Balaban J connectivity index is 1.75. The number of aromatic nitrogens is 1. The first kappa shape index (κ1) is 19.5. The summed E-state index contributed by atoms with van der Waals surface area (Å²) in [4.78, 5) is 34.8. The predicted molar refractivity (Wildman–Crippen MR) is 101 cm³/mol. The van der Waals surface area contributed by atoms with Crippen LogP contribution in [0.3, 0.4) is 0 Å². The van der Waals surface area contributed by atoms with Crippen molar-refractivity contribution in [1.82, 2.24) is 5.16 Å². The molecule has 2 rings (SSSR count). The molecule has 0 atom stereocenters. The fraction of sp³-hybridized carbons (Fsp3) is 0.294. The molecule has 0 radical (unpaired) electrons. The molecule has 0 aliphatic heterocycles. The molecule has 0 unspecified atom stereocenters. The average molecular weight is 376 g/mol. The van der Waals surface area contributed by atoms with Crippen LogP contribution in [0.1, 0.15) is 18.2 Å². The molecule has 0 fully saturated rings. The van der Waals surface area contributed by atoms with Gasteiger partial charge in [-0.2, -0.15) is 0 Å². The van der Waals surface area contributed by atoms with Crippen molar-refractivity contribution in [2.45, 2.75) is 20.8 Å². The largest absolute Gasteiger partial charge is 0.360 e. The van der Waals surface area contributed by atoms with Gasteiger partial charge in [0, 0.05) is 24.4 Å².